The molecule has 24 nitrogen and oxygen atoms in total. The molecule has 8 aromatic rings. The van der Waals surface area contributed by atoms with E-state index in [2.05, 4.69) is 24.3 Å². The fraction of sp³-hybridized carbons (Fsp3) is 0.478. The fourth-order valence-electron chi connectivity index (χ4n) is 15.5. The summed E-state index contributed by atoms with van der Waals surface area (Å²) in [5.41, 5.74) is 11.8. The molecule has 0 saturated heterocycles. The van der Waals surface area contributed by atoms with Gasteiger partial charge in [-0.3, -0.25) is 0 Å². The number of benzene rings is 8. The number of aliphatic hydroxyl groups excluding tert-OH is 4. The van der Waals surface area contributed by atoms with Gasteiger partial charge in [0.05, 0.1) is 142 Å². The standard InChI is InChI=1S/2C46H62O12/c2*1-49-37-24-31(25-38(50-2)35(37)15-13-29-20-41(53-5)45(57-9)42(21-29)54-6)18-33(12-11-17-47)34(28-48)19-32-26-39(51-3)36(40(27-32)52-4)16-14-30-22-43(55-7)46(58-10)44(23-30)56-8/h2*20-27,33-34,47-48H,11-19,28H2,1-10H3/t2*33-,34+/m10/s1. The molecule has 0 fully saturated rings. The van der Waals surface area contributed by atoms with E-state index < -0.39 is 0 Å². The maximum Gasteiger partial charge on any atom is 0.203 e. The van der Waals surface area contributed by atoms with Gasteiger partial charge in [0.2, 0.25) is 23.0 Å². The summed E-state index contributed by atoms with van der Waals surface area (Å²) in [5.74, 6) is 12.5. The van der Waals surface area contributed by atoms with Gasteiger partial charge >= 0.3 is 0 Å². The van der Waals surface area contributed by atoms with Gasteiger partial charge in [0.15, 0.2) is 46.0 Å². The Bertz CT molecular complexity index is 3890. The molecule has 4 atom stereocenters. The van der Waals surface area contributed by atoms with Gasteiger partial charge in [0.1, 0.15) is 46.0 Å². The van der Waals surface area contributed by atoms with Crippen molar-refractivity contribution in [3.8, 4) is 115 Å². The molecule has 0 aliphatic carbocycles. The van der Waals surface area contributed by atoms with Crippen LogP contribution in [0.1, 0.15) is 92.4 Å². The number of methoxy groups -OCH3 is 20. The maximum absolute atomic E-state index is 10.9. The van der Waals surface area contributed by atoms with Crippen LogP contribution in [0, 0.1) is 23.7 Å². The van der Waals surface area contributed by atoms with Crippen LogP contribution in [0.15, 0.2) is 97.1 Å². The highest BCUT2D eigenvalue weighted by Crippen LogP contribution is 2.46. The van der Waals surface area contributed by atoms with Gasteiger partial charge in [0, 0.05) is 48.7 Å². The second-order valence-electron chi connectivity index (χ2n) is 28.0. The van der Waals surface area contributed by atoms with Gasteiger partial charge in [-0.05, 0) is 268 Å². The first kappa shape index (κ1) is 92.8. The van der Waals surface area contributed by atoms with E-state index in [1.165, 1.54) is 0 Å². The van der Waals surface area contributed by atoms with Gasteiger partial charge in [-0.25, -0.2) is 0 Å². The highest BCUT2D eigenvalue weighted by atomic mass is 16.6. The lowest BCUT2D eigenvalue weighted by molar-refractivity contribution is 0.158. The smallest absolute Gasteiger partial charge is 0.203 e. The Morgan fingerprint density at radius 3 is 0.483 bits per heavy atom. The van der Waals surface area contributed by atoms with E-state index in [9.17, 15) is 20.4 Å². The molecule has 0 aliphatic heterocycles. The summed E-state index contributed by atoms with van der Waals surface area (Å²) < 4.78 is 114. The monoisotopic (exact) mass is 1610 g/mol. The molecule has 0 heterocycles. The van der Waals surface area contributed by atoms with Crippen LogP contribution in [0.5, 0.6) is 115 Å². The Hall–Kier alpha value is -10.4. The quantitative estimate of drug-likeness (QED) is 0.0276. The van der Waals surface area contributed by atoms with Crippen molar-refractivity contribution in [2.75, 3.05) is 169 Å². The highest BCUT2D eigenvalue weighted by Gasteiger charge is 2.29. The maximum atomic E-state index is 10.9. The van der Waals surface area contributed by atoms with Crippen LogP contribution in [-0.4, -0.2) is 189 Å². The highest BCUT2D eigenvalue weighted by molar-refractivity contribution is 5.59. The van der Waals surface area contributed by atoms with Crippen molar-refractivity contribution >= 4 is 0 Å². The second-order valence-corrected chi connectivity index (χ2v) is 28.0. The third-order valence-electron chi connectivity index (χ3n) is 21.5. The molecule has 0 amide bonds. The summed E-state index contributed by atoms with van der Waals surface area (Å²) in [6.07, 6.45) is 10.3. The van der Waals surface area contributed by atoms with Gasteiger partial charge in [-0.15, -0.1) is 0 Å². The normalized spacial score (nSPS) is 12.0. The molecule has 0 radical (unpaired) electrons. The van der Waals surface area contributed by atoms with Crippen LogP contribution in [0.3, 0.4) is 0 Å². The van der Waals surface area contributed by atoms with Crippen LogP contribution in [0.25, 0.3) is 0 Å². The minimum absolute atomic E-state index is 0.0355. The first-order chi connectivity index (χ1) is 56.4. The molecule has 8 rings (SSSR count). The number of ether oxygens (including phenoxy) is 20. The Balaban J connectivity index is 0.000000321. The summed E-state index contributed by atoms with van der Waals surface area (Å²) in [6, 6.07) is 32.0. The lowest BCUT2D eigenvalue weighted by Crippen LogP contribution is -2.24. The lowest BCUT2D eigenvalue weighted by atomic mass is 9.80. The zero-order valence-corrected chi connectivity index (χ0v) is 71.6. The third-order valence-corrected chi connectivity index (χ3v) is 21.5. The summed E-state index contributed by atoms with van der Waals surface area (Å²) in [6.45, 7) is 0.0440. The average molecular weight is 1610 g/mol. The van der Waals surface area contributed by atoms with E-state index in [0.717, 1.165) is 103 Å². The number of rotatable bonds is 50. The van der Waals surface area contributed by atoms with E-state index in [1.807, 2.05) is 72.8 Å². The molecule has 0 aliphatic rings. The third kappa shape index (κ3) is 23.9. The summed E-state index contributed by atoms with van der Waals surface area (Å²) >= 11 is 0. The molecule has 8 aromatic carbocycles. The minimum Gasteiger partial charge on any atom is -0.496 e. The van der Waals surface area contributed by atoms with E-state index in [-0.39, 0.29) is 50.1 Å². The van der Waals surface area contributed by atoms with Crippen LogP contribution in [-0.2, 0) is 77.0 Å². The Morgan fingerprint density at radius 2 is 0.345 bits per heavy atom. The lowest BCUT2D eigenvalue weighted by Gasteiger charge is -2.27. The zero-order valence-electron chi connectivity index (χ0n) is 71.6. The van der Waals surface area contributed by atoms with Crippen molar-refractivity contribution < 1.29 is 115 Å². The molecule has 24 heteroatoms. The van der Waals surface area contributed by atoms with Crippen molar-refractivity contribution in [1.82, 2.24) is 0 Å². The van der Waals surface area contributed by atoms with E-state index in [0.29, 0.717) is 182 Å². The topological polar surface area (TPSA) is 266 Å². The second kappa shape index (κ2) is 47.6. The molecule has 0 saturated carbocycles. The Labute approximate surface area is 685 Å². The van der Waals surface area contributed by atoms with Crippen LogP contribution in [0.2, 0.25) is 0 Å². The van der Waals surface area contributed by atoms with E-state index in [1.54, 1.807) is 142 Å². The molecular weight excluding hydrogens is 1490 g/mol. The Kier molecular flexibility index (Phi) is 38.1. The predicted octanol–water partition coefficient (Wildman–Crippen LogP) is 14.3. The molecule has 0 spiro atoms. The first-order valence-electron chi connectivity index (χ1n) is 38.9. The average Bonchev–Trinajstić information content (AvgIpc) is 0.815. The zero-order chi connectivity index (χ0) is 84.4. The fourth-order valence-corrected chi connectivity index (χ4v) is 15.5. The molecule has 636 valence electrons. The van der Waals surface area contributed by atoms with Crippen molar-refractivity contribution in [3.05, 3.63) is 164 Å². The van der Waals surface area contributed by atoms with Gasteiger partial charge in [0.25, 0.3) is 0 Å². The Morgan fingerprint density at radius 1 is 0.190 bits per heavy atom. The number of hydrogen-bond acceptors (Lipinski definition) is 24. The molecule has 0 aromatic heterocycles. The molecule has 116 heavy (non-hydrogen) atoms. The van der Waals surface area contributed by atoms with Crippen molar-refractivity contribution in [3.63, 3.8) is 0 Å². The van der Waals surface area contributed by atoms with Crippen molar-refractivity contribution in [2.24, 2.45) is 23.7 Å². The number of aryl methyl sites for hydroxylation is 4. The number of hydrogen-bond donors (Lipinski definition) is 4. The van der Waals surface area contributed by atoms with Gasteiger partial charge in [-0.1, -0.05) is 0 Å². The largest absolute Gasteiger partial charge is 0.496 e. The van der Waals surface area contributed by atoms with Gasteiger partial charge < -0.3 is 115 Å². The van der Waals surface area contributed by atoms with Gasteiger partial charge in [-0.2, -0.15) is 0 Å². The van der Waals surface area contributed by atoms with Crippen molar-refractivity contribution in [1.29, 1.82) is 0 Å². The summed E-state index contributed by atoms with van der Waals surface area (Å²) in [4.78, 5) is 0. The molecular formula is C92H124O24. The van der Waals surface area contributed by atoms with Crippen LogP contribution < -0.4 is 94.7 Å². The van der Waals surface area contributed by atoms with Crippen LogP contribution >= 0.6 is 0 Å². The SMILES string of the molecule is COc1cc(C[C@@H](CO)[C@H](CCCO)Cc2cc(OC)c(CCc3cc(OC)c(OC)c(OC)c3)c(OC)c2)cc(OC)c1CCc1cc(OC)c(OC)c(OC)c1.COc1cc(C[C@H](CO)[C@@H](CCCO)Cc2cc(OC)c(CCc3cc(OC)c(OC)c(OC)c3)c(OC)c2)cc(OC)c1CCc1cc(OC)c(OC)c(OC)c1. The van der Waals surface area contributed by atoms with Crippen molar-refractivity contribution in [2.45, 2.75) is 103 Å². The summed E-state index contributed by atoms with van der Waals surface area (Å²) in [7, 11) is 32.5. The number of aliphatic hydroxyl groups is 4. The molecule has 0 bridgehead atoms. The predicted molar refractivity (Wildman–Crippen MR) is 448 cm³/mol. The first-order valence-corrected chi connectivity index (χ1v) is 38.9. The van der Waals surface area contributed by atoms with E-state index in [4.69, 9.17) is 94.7 Å². The molecule has 4 N–H and O–H groups in total. The molecule has 0 unspecified atom stereocenters. The minimum atomic E-state index is -0.122. The van der Waals surface area contributed by atoms with E-state index >= 15 is 0 Å². The van der Waals surface area contributed by atoms with Crippen LogP contribution in [0.4, 0.5) is 0 Å². The summed E-state index contributed by atoms with van der Waals surface area (Å²) in [5, 5.41) is 41.5.